The van der Waals surface area contributed by atoms with Gasteiger partial charge in [-0.15, -0.1) is 0 Å². The van der Waals surface area contributed by atoms with Crippen molar-refractivity contribution >= 4 is 11.7 Å². The number of carbonyl (C=O) groups excluding carboxylic acids is 1. The number of hydrogen-bond acceptors (Lipinski definition) is 2. The number of benzene rings is 1. The zero-order valence-corrected chi connectivity index (χ0v) is 12.8. The largest absolute Gasteiger partial charge is 0.321 e. The van der Waals surface area contributed by atoms with E-state index in [-0.39, 0.29) is 6.03 Å². The standard InChI is InChI=1S/C17H25N3O/c1-14-8-4-5-9-16(14)18-17(21)20-12-15(13-20)19-10-6-2-3-7-11-19/h4-5,8-9,15H,2-3,6-7,10-13H2,1H3,(H,18,21). The lowest BCUT2D eigenvalue weighted by Crippen LogP contribution is -2.62. The number of hydrogen-bond donors (Lipinski definition) is 1. The molecule has 2 amide bonds. The van der Waals surface area contributed by atoms with Gasteiger partial charge in [0.25, 0.3) is 0 Å². The summed E-state index contributed by atoms with van der Waals surface area (Å²) in [5.41, 5.74) is 2.02. The molecule has 1 N–H and O–H groups in total. The Labute approximate surface area is 127 Å². The molecule has 2 heterocycles. The van der Waals surface area contributed by atoms with Crippen LogP contribution in [0, 0.1) is 6.92 Å². The molecule has 0 aliphatic carbocycles. The normalized spacial score (nSPS) is 20.7. The summed E-state index contributed by atoms with van der Waals surface area (Å²) in [5.74, 6) is 0. The molecule has 4 nitrogen and oxygen atoms in total. The molecule has 114 valence electrons. The van der Waals surface area contributed by atoms with Gasteiger partial charge in [0.2, 0.25) is 0 Å². The molecule has 1 aromatic carbocycles. The number of urea groups is 1. The molecule has 0 saturated carbocycles. The Hall–Kier alpha value is -1.55. The van der Waals surface area contributed by atoms with Gasteiger partial charge in [0.1, 0.15) is 0 Å². The van der Waals surface area contributed by atoms with E-state index >= 15 is 0 Å². The van der Waals surface area contributed by atoms with Crippen LogP contribution in [0.5, 0.6) is 0 Å². The number of amides is 2. The van der Waals surface area contributed by atoms with Gasteiger partial charge in [-0.2, -0.15) is 0 Å². The van der Waals surface area contributed by atoms with E-state index in [1.807, 2.05) is 36.1 Å². The lowest BCUT2D eigenvalue weighted by atomic mass is 10.1. The molecule has 4 heteroatoms. The van der Waals surface area contributed by atoms with Crippen molar-refractivity contribution in [3.8, 4) is 0 Å². The van der Waals surface area contributed by atoms with Crippen molar-refractivity contribution in [2.24, 2.45) is 0 Å². The molecule has 0 atom stereocenters. The molecule has 0 spiro atoms. The molecule has 0 bridgehead atoms. The second-order valence-corrected chi connectivity index (χ2v) is 6.25. The monoisotopic (exact) mass is 287 g/mol. The minimum Gasteiger partial charge on any atom is -0.321 e. The Balaban J connectivity index is 1.49. The summed E-state index contributed by atoms with van der Waals surface area (Å²) in [4.78, 5) is 16.7. The SMILES string of the molecule is Cc1ccccc1NC(=O)N1CC(N2CCCCCC2)C1. The number of likely N-dealkylation sites (tertiary alicyclic amines) is 2. The quantitative estimate of drug-likeness (QED) is 0.907. The first-order valence-corrected chi connectivity index (χ1v) is 8.09. The van der Waals surface area contributed by atoms with E-state index in [0.717, 1.165) is 24.3 Å². The molecule has 0 unspecified atom stereocenters. The van der Waals surface area contributed by atoms with Crippen LogP contribution < -0.4 is 5.32 Å². The molecular formula is C17H25N3O. The van der Waals surface area contributed by atoms with Crippen molar-refractivity contribution < 1.29 is 4.79 Å². The average Bonchev–Trinajstić information content (AvgIpc) is 2.69. The third kappa shape index (κ3) is 3.38. The summed E-state index contributed by atoms with van der Waals surface area (Å²) in [7, 11) is 0. The van der Waals surface area contributed by atoms with Gasteiger partial charge in [0, 0.05) is 24.8 Å². The van der Waals surface area contributed by atoms with Crippen molar-refractivity contribution in [1.82, 2.24) is 9.80 Å². The average molecular weight is 287 g/mol. The van der Waals surface area contributed by atoms with Crippen molar-refractivity contribution in [2.75, 3.05) is 31.5 Å². The van der Waals surface area contributed by atoms with Crippen LogP contribution in [0.2, 0.25) is 0 Å². The van der Waals surface area contributed by atoms with E-state index in [4.69, 9.17) is 0 Å². The predicted molar refractivity (Wildman–Crippen MR) is 85.6 cm³/mol. The fourth-order valence-corrected chi connectivity index (χ4v) is 3.22. The number of anilines is 1. The summed E-state index contributed by atoms with van der Waals surface area (Å²) in [6.07, 6.45) is 5.35. The number of nitrogens with one attached hydrogen (secondary N) is 1. The molecule has 21 heavy (non-hydrogen) atoms. The summed E-state index contributed by atoms with van der Waals surface area (Å²) in [6.45, 7) is 6.18. The van der Waals surface area contributed by atoms with Crippen molar-refractivity contribution in [3.05, 3.63) is 29.8 Å². The third-order valence-electron chi connectivity index (χ3n) is 4.69. The molecule has 2 aliphatic heterocycles. The van der Waals surface area contributed by atoms with Gasteiger partial charge < -0.3 is 10.2 Å². The Bertz CT molecular complexity index is 489. The van der Waals surface area contributed by atoms with Crippen LogP contribution in [0.4, 0.5) is 10.5 Å². The van der Waals surface area contributed by atoms with Crippen molar-refractivity contribution in [1.29, 1.82) is 0 Å². The summed E-state index contributed by atoms with van der Waals surface area (Å²) < 4.78 is 0. The minimum atomic E-state index is 0.0374. The Kier molecular flexibility index (Phi) is 4.44. The van der Waals surface area contributed by atoms with E-state index in [1.165, 1.54) is 38.8 Å². The highest BCUT2D eigenvalue weighted by Crippen LogP contribution is 2.21. The van der Waals surface area contributed by atoms with E-state index in [0.29, 0.717) is 6.04 Å². The Morgan fingerprint density at radius 1 is 1.10 bits per heavy atom. The predicted octanol–water partition coefficient (Wildman–Crippen LogP) is 3.09. The molecular weight excluding hydrogens is 262 g/mol. The molecule has 3 rings (SSSR count). The third-order valence-corrected chi connectivity index (χ3v) is 4.69. The first kappa shape index (κ1) is 14.4. The highest BCUT2D eigenvalue weighted by Gasteiger charge is 2.34. The Morgan fingerprint density at radius 2 is 1.76 bits per heavy atom. The molecule has 2 fully saturated rings. The number of carbonyl (C=O) groups is 1. The number of aryl methyl sites for hydroxylation is 1. The maximum absolute atomic E-state index is 12.2. The maximum Gasteiger partial charge on any atom is 0.321 e. The van der Waals surface area contributed by atoms with Crippen LogP contribution in [0.1, 0.15) is 31.2 Å². The second kappa shape index (κ2) is 6.48. The van der Waals surface area contributed by atoms with Gasteiger partial charge in [-0.3, -0.25) is 4.90 Å². The van der Waals surface area contributed by atoms with Crippen LogP contribution in [-0.2, 0) is 0 Å². The number of nitrogens with zero attached hydrogens (tertiary/aromatic N) is 2. The van der Waals surface area contributed by atoms with Crippen LogP contribution in [0.3, 0.4) is 0 Å². The van der Waals surface area contributed by atoms with Crippen molar-refractivity contribution in [3.63, 3.8) is 0 Å². The van der Waals surface area contributed by atoms with E-state index in [1.54, 1.807) is 0 Å². The molecule has 0 radical (unpaired) electrons. The highest BCUT2D eigenvalue weighted by atomic mass is 16.2. The first-order chi connectivity index (χ1) is 10.2. The summed E-state index contributed by atoms with van der Waals surface area (Å²) in [5, 5.41) is 3.02. The maximum atomic E-state index is 12.2. The topological polar surface area (TPSA) is 35.6 Å². The molecule has 2 aliphatic rings. The first-order valence-electron chi connectivity index (χ1n) is 8.09. The summed E-state index contributed by atoms with van der Waals surface area (Å²) in [6, 6.07) is 8.54. The lowest BCUT2D eigenvalue weighted by molar-refractivity contribution is 0.0638. The van der Waals surface area contributed by atoms with Gasteiger partial charge in [-0.25, -0.2) is 4.79 Å². The molecule has 1 aromatic rings. The van der Waals surface area contributed by atoms with Crippen LogP contribution in [0.25, 0.3) is 0 Å². The highest BCUT2D eigenvalue weighted by molar-refractivity contribution is 5.90. The van der Waals surface area contributed by atoms with Crippen LogP contribution >= 0.6 is 0 Å². The zero-order chi connectivity index (χ0) is 14.7. The Morgan fingerprint density at radius 3 is 2.43 bits per heavy atom. The fraction of sp³-hybridized carbons (Fsp3) is 0.588. The summed E-state index contributed by atoms with van der Waals surface area (Å²) >= 11 is 0. The van der Waals surface area contributed by atoms with Crippen LogP contribution in [-0.4, -0.2) is 48.1 Å². The van der Waals surface area contributed by atoms with E-state index in [2.05, 4.69) is 10.2 Å². The molecule has 0 aromatic heterocycles. The van der Waals surface area contributed by atoms with Gasteiger partial charge in [-0.1, -0.05) is 31.0 Å². The number of para-hydroxylation sites is 1. The van der Waals surface area contributed by atoms with E-state index in [9.17, 15) is 4.79 Å². The minimum absolute atomic E-state index is 0.0374. The van der Waals surface area contributed by atoms with E-state index < -0.39 is 0 Å². The second-order valence-electron chi connectivity index (χ2n) is 6.25. The number of rotatable bonds is 2. The van der Waals surface area contributed by atoms with Crippen molar-refractivity contribution in [2.45, 2.75) is 38.6 Å². The zero-order valence-electron chi connectivity index (χ0n) is 12.8. The fourth-order valence-electron chi connectivity index (χ4n) is 3.22. The van der Waals surface area contributed by atoms with Gasteiger partial charge in [0.15, 0.2) is 0 Å². The van der Waals surface area contributed by atoms with Gasteiger partial charge >= 0.3 is 6.03 Å². The van der Waals surface area contributed by atoms with Gasteiger partial charge in [-0.05, 0) is 44.5 Å². The smallest absolute Gasteiger partial charge is 0.321 e. The van der Waals surface area contributed by atoms with Gasteiger partial charge in [0.05, 0.1) is 0 Å². The lowest BCUT2D eigenvalue weighted by Gasteiger charge is -2.45. The van der Waals surface area contributed by atoms with Crippen LogP contribution in [0.15, 0.2) is 24.3 Å². The molecule has 2 saturated heterocycles.